The fourth-order valence-corrected chi connectivity index (χ4v) is 2.32. The fraction of sp³-hybridized carbons (Fsp3) is 0.474. The van der Waals surface area contributed by atoms with E-state index in [1.54, 1.807) is 0 Å². The third-order valence-corrected chi connectivity index (χ3v) is 4.71. The Morgan fingerprint density at radius 1 is 1.10 bits per heavy atom. The van der Waals surface area contributed by atoms with Gasteiger partial charge in [0.25, 0.3) is 0 Å². The zero-order chi connectivity index (χ0) is 15.9. The van der Waals surface area contributed by atoms with Crippen LogP contribution in [0.15, 0.2) is 41.8 Å². The van der Waals surface area contributed by atoms with E-state index in [0.29, 0.717) is 0 Å². The Morgan fingerprint density at radius 3 is 2.29 bits per heavy atom. The van der Waals surface area contributed by atoms with Crippen molar-refractivity contribution in [3.63, 3.8) is 0 Å². The minimum absolute atomic E-state index is 0.0976. The predicted octanol–water partition coefficient (Wildman–Crippen LogP) is 4.91. The van der Waals surface area contributed by atoms with Crippen molar-refractivity contribution in [1.29, 1.82) is 0 Å². The van der Waals surface area contributed by atoms with E-state index < -0.39 is 10.8 Å². The number of allylic oxidation sites excluding steroid dienone is 1. The van der Waals surface area contributed by atoms with Crippen LogP contribution in [0.25, 0.3) is 0 Å². The van der Waals surface area contributed by atoms with Gasteiger partial charge in [-0.05, 0) is 50.1 Å². The first-order valence-electron chi connectivity index (χ1n) is 7.32. The van der Waals surface area contributed by atoms with Crippen LogP contribution in [0.1, 0.15) is 53.0 Å². The van der Waals surface area contributed by atoms with Crippen molar-refractivity contribution in [2.75, 3.05) is 0 Å². The van der Waals surface area contributed by atoms with E-state index in [4.69, 9.17) is 0 Å². The summed E-state index contributed by atoms with van der Waals surface area (Å²) < 4.78 is 11.8. The average molecular weight is 302 g/mol. The highest BCUT2D eigenvalue weighted by Crippen LogP contribution is 2.25. The minimum atomic E-state index is -0.924. The molecule has 0 heterocycles. The second-order valence-electron chi connectivity index (χ2n) is 6.99. The van der Waals surface area contributed by atoms with Crippen LogP contribution in [0.3, 0.4) is 0 Å². The molecule has 21 heavy (non-hydrogen) atoms. The molecule has 114 valence electrons. The van der Waals surface area contributed by atoms with E-state index in [-0.39, 0.29) is 10.2 Å². The van der Waals surface area contributed by atoms with Gasteiger partial charge in [-0.1, -0.05) is 50.0 Å². The Kier molecular flexibility index (Phi) is 6.42. The van der Waals surface area contributed by atoms with Crippen LogP contribution in [0.4, 0.5) is 0 Å². The van der Waals surface area contributed by atoms with Crippen LogP contribution in [0.2, 0.25) is 0 Å². The lowest BCUT2D eigenvalue weighted by Gasteiger charge is -2.20. The largest absolute Gasteiger partial charge is 0.254 e. The topological polar surface area (TPSA) is 17.1 Å². The van der Waals surface area contributed by atoms with Crippen LogP contribution in [-0.2, 0) is 10.8 Å². The lowest BCUT2D eigenvalue weighted by molar-refractivity contribution is 0.383. The molecule has 0 radical (unpaired) electrons. The summed E-state index contributed by atoms with van der Waals surface area (Å²) in [5.41, 5.74) is 1.15. The van der Waals surface area contributed by atoms with Crippen LogP contribution in [-0.4, -0.2) is 8.96 Å². The van der Waals surface area contributed by atoms with Gasteiger partial charge >= 0.3 is 0 Å². The molecule has 1 aromatic rings. The Balaban J connectivity index is 2.53. The van der Waals surface area contributed by atoms with Crippen molar-refractivity contribution in [2.24, 2.45) is 5.41 Å². The van der Waals surface area contributed by atoms with E-state index in [1.807, 2.05) is 62.6 Å². The molecule has 0 aliphatic heterocycles. The third kappa shape index (κ3) is 7.29. The average Bonchev–Trinajstić information content (AvgIpc) is 2.38. The molecule has 1 aromatic carbocycles. The SMILES string of the molecule is CC(C)(CC#Cc1ccccc1)C/C=C/S(=O)C(C)(C)C. The van der Waals surface area contributed by atoms with Gasteiger partial charge in [0.05, 0.1) is 10.8 Å². The summed E-state index contributed by atoms with van der Waals surface area (Å²) in [6.07, 6.45) is 3.75. The summed E-state index contributed by atoms with van der Waals surface area (Å²) in [4.78, 5) is 0. The smallest absolute Gasteiger partial charge is 0.0506 e. The normalized spacial score (nSPS) is 13.8. The first-order chi connectivity index (χ1) is 9.71. The minimum Gasteiger partial charge on any atom is -0.254 e. The van der Waals surface area contributed by atoms with Crippen molar-refractivity contribution < 1.29 is 4.21 Å². The number of hydrogen-bond acceptors (Lipinski definition) is 1. The zero-order valence-corrected chi connectivity index (χ0v) is 14.6. The number of rotatable bonds is 4. The van der Waals surface area contributed by atoms with Gasteiger partial charge in [-0.25, -0.2) is 0 Å². The molecule has 1 rings (SSSR count). The van der Waals surface area contributed by atoms with Crippen molar-refractivity contribution in [1.82, 2.24) is 0 Å². The van der Waals surface area contributed by atoms with E-state index >= 15 is 0 Å². The first kappa shape index (κ1) is 17.7. The molecule has 0 fully saturated rings. The van der Waals surface area contributed by atoms with Crippen LogP contribution >= 0.6 is 0 Å². The van der Waals surface area contributed by atoms with Crippen molar-refractivity contribution in [2.45, 2.75) is 52.2 Å². The van der Waals surface area contributed by atoms with Crippen molar-refractivity contribution in [3.8, 4) is 11.8 Å². The molecule has 1 atom stereocenters. The highest BCUT2D eigenvalue weighted by Gasteiger charge is 2.18. The molecule has 0 amide bonds. The maximum Gasteiger partial charge on any atom is 0.0506 e. The summed E-state index contributed by atoms with van der Waals surface area (Å²) in [6, 6.07) is 10.0. The summed E-state index contributed by atoms with van der Waals surface area (Å²) in [5.74, 6) is 6.44. The summed E-state index contributed by atoms with van der Waals surface area (Å²) in [7, 11) is -0.924. The van der Waals surface area contributed by atoms with Gasteiger partial charge in [-0.15, -0.1) is 0 Å². The molecule has 0 aliphatic rings. The molecule has 1 nitrogen and oxygen atoms in total. The van der Waals surface area contributed by atoms with Crippen molar-refractivity contribution >= 4 is 10.8 Å². The van der Waals surface area contributed by atoms with E-state index in [2.05, 4.69) is 25.7 Å². The Morgan fingerprint density at radius 2 is 1.71 bits per heavy atom. The molecule has 2 heteroatoms. The molecule has 0 saturated carbocycles. The fourth-order valence-electron chi connectivity index (χ4n) is 1.64. The summed E-state index contributed by atoms with van der Waals surface area (Å²) >= 11 is 0. The first-order valence-corrected chi connectivity index (χ1v) is 8.53. The lowest BCUT2D eigenvalue weighted by atomic mass is 9.86. The van der Waals surface area contributed by atoms with Crippen LogP contribution < -0.4 is 0 Å². The third-order valence-electron chi connectivity index (χ3n) is 3.07. The maximum absolute atomic E-state index is 11.9. The lowest BCUT2D eigenvalue weighted by Crippen LogP contribution is -2.19. The summed E-state index contributed by atoms with van der Waals surface area (Å²) in [5, 5.41) is 1.83. The molecular formula is C19H26OS. The second-order valence-corrected chi connectivity index (χ2v) is 9.09. The van der Waals surface area contributed by atoms with Gasteiger partial charge in [0.15, 0.2) is 0 Å². The van der Waals surface area contributed by atoms with Crippen molar-refractivity contribution in [3.05, 3.63) is 47.4 Å². The van der Waals surface area contributed by atoms with Gasteiger partial charge in [-0.3, -0.25) is 4.21 Å². The molecule has 1 unspecified atom stereocenters. The predicted molar refractivity (Wildman–Crippen MR) is 93.4 cm³/mol. The van der Waals surface area contributed by atoms with Gasteiger partial charge < -0.3 is 0 Å². The highest BCUT2D eigenvalue weighted by atomic mass is 32.2. The monoisotopic (exact) mass is 302 g/mol. The molecule has 0 saturated heterocycles. The zero-order valence-electron chi connectivity index (χ0n) is 13.8. The quantitative estimate of drug-likeness (QED) is 0.723. The maximum atomic E-state index is 11.9. The molecule has 0 aromatic heterocycles. The van der Waals surface area contributed by atoms with E-state index in [0.717, 1.165) is 18.4 Å². The van der Waals surface area contributed by atoms with Gasteiger partial charge in [0.2, 0.25) is 0 Å². The summed E-state index contributed by atoms with van der Waals surface area (Å²) in [6.45, 7) is 10.4. The van der Waals surface area contributed by atoms with E-state index in [9.17, 15) is 4.21 Å². The second kappa shape index (κ2) is 7.61. The van der Waals surface area contributed by atoms with Gasteiger partial charge in [-0.2, -0.15) is 0 Å². The molecular weight excluding hydrogens is 276 g/mol. The Labute approximate surface area is 132 Å². The Hall–Kier alpha value is -1.33. The van der Waals surface area contributed by atoms with E-state index in [1.165, 1.54) is 0 Å². The van der Waals surface area contributed by atoms with Crippen LogP contribution in [0.5, 0.6) is 0 Å². The van der Waals surface area contributed by atoms with Crippen LogP contribution in [0, 0.1) is 17.3 Å². The standard InChI is InChI=1S/C19H26OS/c1-18(2,3)21(20)16-10-15-19(4,5)14-9-13-17-11-7-6-8-12-17/h6-8,10-12,16H,14-15H2,1-5H3/b16-10+. The molecule has 0 N–H and O–H groups in total. The molecule has 0 aliphatic carbocycles. The molecule has 0 spiro atoms. The van der Waals surface area contributed by atoms with Gasteiger partial charge in [0, 0.05) is 16.7 Å². The highest BCUT2D eigenvalue weighted by molar-refractivity contribution is 7.89. The number of benzene rings is 1. The molecule has 0 bridgehead atoms. The number of hydrogen-bond donors (Lipinski definition) is 0. The Bertz CT molecular complexity index is 551. The van der Waals surface area contributed by atoms with Gasteiger partial charge in [0.1, 0.15) is 0 Å².